The van der Waals surface area contributed by atoms with Crippen LogP contribution in [-0.2, 0) is 0 Å². The predicted octanol–water partition coefficient (Wildman–Crippen LogP) is 4.64. The van der Waals surface area contributed by atoms with Gasteiger partial charge in [0.15, 0.2) is 23.3 Å². The van der Waals surface area contributed by atoms with Crippen LogP contribution in [0.4, 0.5) is 52.7 Å². The van der Waals surface area contributed by atoms with Crippen molar-refractivity contribution in [2.24, 2.45) is 0 Å². The number of alkyl halides is 7. The van der Waals surface area contributed by atoms with Crippen LogP contribution in [0.15, 0.2) is 0 Å². The van der Waals surface area contributed by atoms with Crippen molar-refractivity contribution in [3.63, 3.8) is 0 Å². The second-order valence-electron chi connectivity index (χ2n) is 4.50. The van der Waals surface area contributed by atoms with Crippen LogP contribution in [0.5, 0.6) is 0 Å². The minimum atomic E-state index is -6.68. The van der Waals surface area contributed by atoms with Gasteiger partial charge in [0.25, 0.3) is 0 Å². The van der Waals surface area contributed by atoms with E-state index in [1.54, 1.807) is 0 Å². The van der Waals surface area contributed by atoms with E-state index >= 15 is 0 Å². The zero-order chi connectivity index (χ0) is 19.2. The summed E-state index contributed by atoms with van der Waals surface area (Å²) < 4.78 is 152. The molecule has 1 unspecified atom stereocenters. The summed E-state index contributed by atoms with van der Waals surface area (Å²) in [7, 11) is 0. The first-order chi connectivity index (χ1) is 10.6. The molecule has 0 aliphatic rings. The van der Waals surface area contributed by atoms with Gasteiger partial charge in [-0.15, -0.1) is 0 Å². The maximum atomic E-state index is 13.4. The van der Waals surface area contributed by atoms with E-state index in [2.05, 4.69) is 0 Å². The summed E-state index contributed by atoms with van der Waals surface area (Å²) in [5.41, 5.74) is -8.57. The fourth-order valence-electron chi connectivity index (χ4n) is 1.68. The van der Waals surface area contributed by atoms with Gasteiger partial charge in [0.2, 0.25) is 5.82 Å². The lowest BCUT2D eigenvalue weighted by atomic mass is 9.92. The summed E-state index contributed by atoms with van der Waals surface area (Å²) in [6.45, 7) is 0. The number of rotatable bonds is 3. The smallest absolute Gasteiger partial charge is 0.388 e. The fraction of sp³-hybridized carbons (Fsp3) is 0.455. The molecular weight excluding hydrogens is 376 g/mol. The van der Waals surface area contributed by atoms with E-state index in [9.17, 15) is 52.7 Å². The van der Waals surface area contributed by atoms with Crippen LogP contribution in [0.1, 0.15) is 18.1 Å². The summed E-state index contributed by atoms with van der Waals surface area (Å²) in [6.07, 6.45) is -20.1. The molecular formula is C11H4F12O. The Bertz CT molecular complexity index is 588. The highest BCUT2D eigenvalue weighted by Crippen LogP contribution is 2.51. The minimum Gasteiger partial charge on any atom is -0.388 e. The third kappa shape index (κ3) is 3.13. The Labute approximate surface area is 124 Å². The fourth-order valence-corrected chi connectivity index (χ4v) is 1.68. The van der Waals surface area contributed by atoms with Crippen LogP contribution in [-0.4, -0.2) is 23.1 Å². The normalized spacial score (nSPS) is 14.9. The molecule has 13 heteroatoms. The monoisotopic (exact) mass is 380 g/mol. The molecule has 0 bridgehead atoms. The Hall–Kier alpha value is -1.66. The average molecular weight is 380 g/mol. The van der Waals surface area contributed by atoms with Gasteiger partial charge < -0.3 is 5.11 Å². The third-order valence-electron chi connectivity index (χ3n) is 2.95. The molecule has 0 aliphatic heterocycles. The first kappa shape index (κ1) is 20.4. The van der Waals surface area contributed by atoms with Crippen LogP contribution in [0, 0.1) is 29.1 Å². The van der Waals surface area contributed by atoms with E-state index in [4.69, 9.17) is 5.11 Å². The molecule has 24 heavy (non-hydrogen) atoms. The highest BCUT2D eigenvalue weighted by atomic mass is 19.4. The number of halogens is 12. The first-order valence-electron chi connectivity index (χ1n) is 5.58. The molecule has 1 rings (SSSR count). The molecule has 138 valence electrons. The van der Waals surface area contributed by atoms with Crippen molar-refractivity contribution < 1.29 is 57.8 Å². The van der Waals surface area contributed by atoms with Gasteiger partial charge in [0.1, 0.15) is 0 Å². The second kappa shape index (κ2) is 6.01. The van der Waals surface area contributed by atoms with Gasteiger partial charge in [-0.2, -0.15) is 26.3 Å². The van der Waals surface area contributed by atoms with E-state index in [-0.39, 0.29) is 0 Å². The summed E-state index contributed by atoms with van der Waals surface area (Å²) in [5, 5.41) is 9.11. The van der Waals surface area contributed by atoms with Crippen LogP contribution >= 0.6 is 0 Å². The van der Waals surface area contributed by atoms with Gasteiger partial charge in [-0.05, 0) is 0 Å². The molecule has 1 aromatic rings. The lowest BCUT2D eigenvalue weighted by molar-refractivity contribution is -0.347. The Morgan fingerprint density at radius 2 is 0.917 bits per heavy atom. The summed E-state index contributed by atoms with van der Waals surface area (Å²) in [5.74, 6) is -14.0. The number of aliphatic hydroxyl groups is 1. The van der Waals surface area contributed by atoms with Crippen molar-refractivity contribution in [3.8, 4) is 0 Å². The molecule has 1 atom stereocenters. The maximum Gasteiger partial charge on any atom is 0.431 e. The number of aliphatic hydroxyl groups excluding tert-OH is 1. The molecule has 0 radical (unpaired) electrons. The quantitative estimate of drug-likeness (QED) is 0.460. The molecule has 0 saturated carbocycles. The predicted molar refractivity (Wildman–Crippen MR) is 51.8 cm³/mol. The molecule has 0 aliphatic carbocycles. The highest BCUT2D eigenvalue weighted by Gasteiger charge is 2.72. The third-order valence-corrected chi connectivity index (χ3v) is 2.95. The van der Waals surface area contributed by atoms with Crippen molar-refractivity contribution in [2.45, 2.75) is 30.5 Å². The Morgan fingerprint density at radius 3 is 1.21 bits per heavy atom. The lowest BCUT2D eigenvalue weighted by Gasteiger charge is -2.31. The molecule has 0 spiro atoms. The molecule has 0 amide bonds. The number of hydrogen-bond donors (Lipinski definition) is 1. The van der Waals surface area contributed by atoms with E-state index < -0.39 is 65.2 Å². The van der Waals surface area contributed by atoms with E-state index in [1.807, 2.05) is 0 Å². The second-order valence-corrected chi connectivity index (χ2v) is 4.50. The Morgan fingerprint density at radius 1 is 0.625 bits per heavy atom. The van der Waals surface area contributed by atoms with Crippen LogP contribution < -0.4 is 0 Å². The number of benzene rings is 1. The summed E-state index contributed by atoms with van der Waals surface area (Å²) in [6, 6.07) is 0. The topological polar surface area (TPSA) is 20.2 Å². The van der Waals surface area contributed by atoms with Crippen molar-refractivity contribution in [1.82, 2.24) is 0 Å². The Kier molecular flexibility index (Phi) is 5.10. The average Bonchev–Trinajstić information content (AvgIpc) is 2.40. The molecule has 0 fully saturated rings. The zero-order valence-corrected chi connectivity index (χ0v) is 10.8. The maximum absolute atomic E-state index is 13.4. The van der Waals surface area contributed by atoms with E-state index in [1.165, 1.54) is 0 Å². The van der Waals surface area contributed by atoms with Crippen molar-refractivity contribution in [3.05, 3.63) is 34.6 Å². The zero-order valence-electron chi connectivity index (χ0n) is 10.8. The van der Waals surface area contributed by atoms with Crippen molar-refractivity contribution in [2.75, 3.05) is 0 Å². The van der Waals surface area contributed by atoms with Crippen molar-refractivity contribution in [1.29, 1.82) is 0 Å². The van der Waals surface area contributed by atoms with Gasteiger partial charge in [0.05, 0.1) is 11.7 Å². The molecule has 1 nitrogen and oxygen atoms in total. The van der Waals surface area contributed by atoms with Gasteiger partial charge in [-0.1, -0.05) is 0 Å². The van der Waals surface area contributed by atoms with E-state index in [0.717, 1.165) is 0 Å². The molecule has 0 aromatic heterocycles. The summed E-state index contributed by atoms with van der Waals surface area (Å²) in [4.78, 5) is 0. The standard InChI is InChI=1S/C11H4F12O/c12-4-3(5(13)7(15)8(16)6(4)14)2(24)1-9(17,10(18,19)20)11(21,22)23/h2,24H,1H2. The van der Waals surface area contributed by atoms with E-state index in [0.29, 0.717) is 0 Å². The molecule has 0 heterocycles. The largest absolute Gasteiger partial charge is 0.431 e. The van der Waals surface area contributed by atoms with Gasteiger partial charge in [-0.3, -0.25) is 0 Å². The van der Waals surface area contributed by atoms with Crippen LogP contribution in [0.25, 0.3) is 0 Å². The van der Waals surface area contributed by atoms with Crippen molar-refractivity contribution >= 4 is 0 Å². The summed E-state index contributed by atoms with van der Waals surface area (Å²) >= 11 is 0. The molecule has 1 N–H and O–H groups in total. The van der Waals surface area contributed by atoms with Crippen LogP contribution in [0.2, 0.25) is 0 Å². The first-order valence-corrected chi connectivity index (χ1v) is 5.58. The number of hydrogen-bond acceptors (Lipinski definition) is 1. The Balaban J connectivity index is 3.47. The van der Waals surface area contributed by atoms with Gasteiger partial charge in [0, 0.05) is 6.42 Å². The van der Waals surface area contributed by atoms with Gasteiger partial charge >= 0.3 is 18.0 Å². The van der Waals surface area contributed by atoms with Gasteiger partial charge in [-0.25, -0.2) is 26.3 Å². The minimum absolute atomic E-state index is 2.41. The SMILES string of the molecule is OC(CC(F)(C(F)(F)F)C(F)(F)F)c1c(F)c(F)c(F)c(F)c1F. The lowest BCUT2D eigenvalue weighted by Crippen LogP contribution is -2.54. The molecule has 1 aromatic carbocycles. The van der Waals surface area contributed by atoms with Crippen LogP contribution in [0.3, 0.4) is 0 Å². The highest BCUT2D eigenvalue weighted by molar-refractivity contribution is 5.26. The molecule has 0 saturated heterocycles.